The van der Waals surface area contributed by atoms with Gasteiger partial charge in [0.05, 0.1) is 13.1 Å². The Morgan fingerprint density at radius 1 is 1.40 bits per heavy atom. The van der Waals surface area contributed by atoms with Crippen LogP contribution in [0, 0.1) is 0 Å². The van der Waals surface area contributed by atoms with Crippen LogP contribution >= 0.6 is 22.6 Å². The van der Waals surface area contributed by atoms with E-state index in [4.69, 9.17) is 0 Å². The highest BCUT2D eigenvalue weighted by atomic mass is 127. The molecule has 0 atom stereocenters. The number of nitrogens with zero attached hydrogens (tertiary/aromatic N) is 1. The van der Waals surface area contributed by atoms with Crippen molar-refractivity contribution in [2.75, 3.05) is 24.2 Å². The molecule has 0 aromatic rings. The summed E-state index contributed by atoms with van der Waals surface area (Å²) in [6, 6.07) is 0. The number of likely N-dealkylation sites (N-methyl/N-ethyl adjacent to an activating group) is 1. The van der Waals surface area contributed by atoms with Crippen LogP contribution < -0.4 is 0 Å². The SMILES string of the molecule is CC[N+](CC)(CI)CC=O. The first-order chi connectivity index (χ1) is 4.74. The van der Waals surface area contributed by atoms with Gasteiger partial charge in [-0.25, -0.2) is 0 Å². The molecule has 0 N–H and O–H groups in total. The molecule has 3 heteroatoms. The fourth-order valence-corrected chi connectivity index (χ4v) is 2.10. The van der Waals surface area contributed by atoms with Crippen LogP contribution in [0.15, 0.2) is 0 Å². The number of halogens is 1. The zero-order chi connectivity index (χ0) is 8.04. The van der Waals surface area contributed by atoms with Crippen LogP contribution in [0.1, 0.15) is 13.8 Å². The predicted molar refractivity (Wildman–Crippen MR) is 51.2 cm³/mol. The van der Waals surface area contributed by atoms with Gasteiger partial charge in [0.2, 0.25) is 0 Å². The Hall–Kier alpha value is 0.360. The van der Waals surface area contributed by atoms with Gasteiger partial charge in [0.25, 0.3) is 0 Å². The molecule has 0 rings (SSSR count). The van der Waals surface area contributed by atoms with Crippen LogP contribution in [-0.4, -0.2) is 35.0 Å². The Bertz CT molecular complexity index is 93.5. The van der Waals surface area contributed by atoms with Crippen molar-refractivity contribution in [2.24, 2.45) is 0 Å². The van der Waals surface area contributed by atoms with Gasteiger partial charge in [0.1, 0.15) is 11.1 Å². The van der Waals surface area contributed by atoms with Gasteiger partial charge in [0.15, 0.2) is 6.29 Å². The number of rotatable bonds is 5. The summed E-state index contributed by atoms with van der Waals surface area (Å²) in [6.45, 7) is 7.03. The molecule has 0 aliphatic heterocycles. The van der Waals surface area contributed by atoms with Gasteiger partial charge in [-0.15, -0.1) is 0 Å². The molecule has 0 saturated heterocycles. The molecule has 0 unspecified atom stereocenters. The normalized spacial score (nSPS) is 11.5. The highest BCUT2D eigenvalue weighted by Crippen LogP contribution is 2.07. The highest BCUT2D eigenvalue weighted by molar-refractivity contribution is 14.1. The summed E-state index contributed by atoms with van der Waals surface area (Å²) in [7, 11) is 0. The molecule has 2 nitrogen and oxygen atoms in total. The van der Waals surface area contributed by atoms with E-state index in [1.54, 1.807) is 0 Å². The van der Waals surface area contributed by atoms with Crippen molar-refractivity contribution in [3.05, 3.63) is 0 Å². The number of quaternary nitrogens is 1. The van der Waals surface area contributed by atoms with E-state index in [9.17, 15) is 4.79 Å². The van der Waals surface area contributed by atoms with Gasteiger partial charge in [-0.3, -0.25) is 4.79 Å². The monoisotopic (exact) mass is 256 g/mol. The van der Waals surface area contributed by atoms with Crippen LogP contribution in [-0.2, 0) is 4.79 Å². The van der Waals surface area contributed by atoms with E-state index >= 15 is 0 Å². The van der Waals surface area contributed by atoms with Gasteiger partial charge < -0.3 is 4.48 Å². The first kappa shape index (κ1) is 10.4. The minimum Gasteiger partial charge on any atom is -0.310 e. The van der Waals surface area contributed by atoms with E-state index < -0.39 is 0 Å². The van der Waals surface area contributed by atoms with E-state index in [1.165, 1.54) is 0 Å². The van der Waals surface area contributed by atoms with Crippen molar-refractivity contribution >= 4 is 28.9 Å². The summed E-state index contributed by atoms with van der Waals surface area (Å²) in [5, 5.41) is 0. The molecule has 0 heterocycles. The Morgan fingerprint density at radius 2 is 1.90 bits per heavy atom. The lowest BCUT2D eigenvalue weighted by atomic mass is 10.4. The molecule has 0 aromatic carbocycles. The van der Waals surface area contributed by atoms with E-state index in [-0.39, 0.29) is 0 Å². The molecular weight excluding hydrogens is 241 g/mol. The summed E-state index contributed by atoms with van der Waals surface area (Å²) in [4.78, 5) is 10.3. The summed E-state index contributed by atoms with van der Waals surface area (Å²) in [5.41, 5.74) is 0. The van der Waals surface area contributed by atoms with E-state index in [0.29, 0.717) is 6.54 Å². The van der Waals surface area contributed by atoms with Gasteiger partial charge in [0, 0.05) is 0 Å². The molecule has 0 spiro atoms. The lowest BCUT2D eigenvalue weighted by Crippen LogP contribution is -2.47. The van der Waals surface area contributed by atoms with Gasteiger partial charge in [-0.05, 0) is 36.4 Å². The van der Waals surface area contributed by atoms with Crippen LogP contribution in [0.3, 0.4) is 0 Å². The number of alkyl halides is 1. The third-order valence-corrected chi connectivity index (χ3v) is 3.50. The molecule has 0 radical (unpaired) electrons. The fourth-order valence-electron chi connectivity index (χ4n) is 0.858. The topological polar surface area (TPSA) is 17.1 Å². The van der Waals surface area contributed by atoms with E-state index in [1.807, 2.05) is 0 Å². The number of hydrogen-bond donors (Lipinski definition) is 0. The summed E-state index contributed by atoms with van der Waals surface area (Å²) in [6.07, 6.45) is 1.02. The maximum Gasteiger partial charge on any atom is 0.174 e. The summed E-state index contributed by atoms with van der Waals surface area (Å²) >= 11 is 2.34. The molecule has 0 aliphatic carbocycles. The number of hydrogen-bond acceptors (Lipinski definition) is 1. The minimum absolute atomic E-state index is 0.663. The molecule has 0 aliphatic rings. The lowest BCUT2D eigenvalue weighted by molar-refractivity contribution is -0.901. The van der Waals surface area contributed by atoms with Crippen molar-refractivity contribution in [3.63, 3.8) is 0 Å². The maximum atomic E-state index is 10.3. The predicted octanol–water partition coefficient (Wildman–Crippen LogP) is 1.43. The molecule has 0 fully saturated rings. The molecule has 0 saturated carbocycles. The molecular formula is C7H15INO+. The number of carbonyl (C=O) groups is 1. The second-order valence-corrected chi connectivity index (χ2v) is 3.13. The smallest absolute Gasteiger partial charge is 0.174 e. The molecule has 60 valence electrons. The highest BCUT2D eigenvalue weighted by Gasteiger charge is 2.19. The standard InChI is InChI=1S/C7H15INO/c1-3-9(4-2,7-8)5-6-10/h6H,3-5,7H2,1-2H3/q+1. The number of aldehydes is 1. The Balaban J connectivity index is 4.00. The zero-order valence-electron chi connectivity index (χ0n) is 6.64. The van der Waals surface area contributed by atoms with E-state index in [0.717, 1.165) is 28.4 Å². The third kappa shape index (κ3) is 2.54. The summed E-state index contributed by atoms with van der Waals surface area (Å²) < 4.78 is 1.95. The second kappa shape index (κ2) is 5.07. The van der Waals surface area contributed by atoms with E-state index in [2.05, 4.69) is 36.4 Å². The van der Waals surface area contributed by atoms with Gasteiger partial charge in [-0.2, -0.15) is 0 Å². The fraction of sp³-hybridized carbons (Fsp3) is 0.857. The average Bonchev–Trinajstić information content (AvgIpc) is 2.01. The minimum atomic E-state index is 0.663. The van der Waals surface area contributed by atoms with Crippen molar-refractivity contribution < 1.29 is 9.28 Å². The Morgan fingerprint density at radius 3 is 2.00 bits per heavy atom. The quantitative estimate of drug-likeness (QED) is 0.239. The zero-order valence-corrected chi connectivity index (χ0v) is 8.80. The van der Waals surface area contributed by atoms with Crippen molar-refractivity contribution in [3.8, 4) is 0 Å². The van der Waals surface area contributed by atoms with Crippen molar-refractivity contribution in [2.45, 2.75) is 13.8 Å². The molecule has 0 aromatic heterocycles. The largest absolute Gasteiger partial charge is 0.310 e. The molecule has 10 heavy (non-hydrogen) atoms. The van der Waals surface area contributed by atoms with Crippen LogP contribution in [0.4, 0.5) is 0 Å². The van der Waals surface area contributed by atoms with Gasteiger partial charge >= 0.3 is 0 Å². The first-order valence-corrected chi connectivity index (χ1v) is 5.12. The number of carbonyl (C=O) groups excluding carboxylic acids is 1. The first-order valence-electron chi connectivity index (χ1n) is 3.59. The Kier molecular flexibility index (Phi) is 5.25. The second-order valence-electron chi connectivity index (χ2n) is 2.44. The van der Waals surface area contributed by atoms with Crippen LogP contribution in [0.5, 0.6) is 0 Å². The Labute approximate surface area is 76.3 Å². The molecule has 0 amide bonds. The van der Waals surface area contributed by atoms with Crippen LogP contribution in [0.2, 0.25) is 0 Å². The molecule has 0 bridgehead atoms. The van der Waals surface area contributed by atoms with Crippen molar-refractivity contribution in [1.29, 1.82) is 0 Å². The van der Waals surface area contributed by atoms with Gasteiger partial charge in [-0.1, -0.05) is 0 Å². The lowest BCUT2D eigenvalue weighted by Gasteiger charge is -2.32. The average molecular weight is 256 g/mol. The van der Waals surface area contributed by atoms with Crippen molar-refractivity contribution in [1.82, 2.24) is 0 Å². The maximum absolute atomic E-state index is 10.3. The van der Waals surface area contributed by atoms with Crippen LogP contribution in [0.25, 0.3) is 0 Å². The third-order valence-electron chi connectivity index (χ3n) is 2.06. The summed E-state index contributed by atoms with van der Waals surface area (Å²) in [5.74, 6) is 0.